The van der Waals surface area contributed by atoms with Gasteiger partial charge in [0.05, 0.1) is 5.56 Å². The van der Waals surface area contributed by atoms with Crippen LogP contribution in [0.4, 0.5) is 0 Å². The van der Waals surface area contributed by atoms with E-state index >= 15 is 0 Å². The summed E-state index contributed by atoms with van der Waals surface area (Å²) < 4.78 is 0. The molecule has 4 heteroatoms. The van der Waals surface area contributed by atoms with Crippen molar-refractivity contribution in [3.63, 3.8) is 0 Å². The number of pyridine rings is 1. The number of rotatable bonds is 2. The number of carbonyl (C=O) groups excluding carboxylic acids is 1. The third kappa shape index (κ3) is 2.52. The Kier molecular flexibility index (Phi) is 3.06. The molecule has 19 heavy (non-hydrogen) atoms. The Morgan fingerprint density at radius 2 is 1.84 bits per heavy atom. The highest BCUT2D eigenvalue weighted by Crippen LogP contribution is 2.19. The number of benzene rings is 1. The van der Waals surface area contributed by atoms with E-state index in [4.69, 9.17) is 0 Å². The van der Waals surface area contributed by atoms with Gasteiger partial charge in [-0.3, -0.25) is 9.78 Å². The largest absolute Gasteiger partial charge is 0.272 e. The first kappa shape index (κ1) is 11.6. The number of carbonyl (C=O) groups is 1. The van der Waals surface area contributed by atoms with Crippen LogP contribution in [0.3, 0.4) is 0 Å². The molecule has 1 aromatic heterocycles. The molecule has 1 heterocycles. The average Bonchev–Trinajstić information content (AvgIpc) is 2.88. The van der Waals surface area contributed by atoms with Crippen molar-refractivity contribution in [1.82, 2.24) is 10.4 Å². The molecule has 1 aliphatic rings. The number of nitrogens with zero attached hydrogens (tertiary/aromatic N) is 2. The molecule has 1 aromatic carbocycles. The monoisotopic (exact) mass is 251 g/mol. The first-order chi connectivity index (χ1) is 9.33. The van der Waals surface area contributed by atoms with Crippen LogP contribution in [0, 0.1) is 0 Å². The molecule has 0 atom stereocenters. The van der Waals surface area contributed by atoms with Crippen molar-refractivity contribution in [2.45, 2.75) is 12.8 Å². The quantitative estimate of drug-likeness (QED) is 0.830. The lowest BCUT2D eigenvalue weighted by Crippen LogP contribution is -2.20. The highest BCUT2D eigenvalue weighted by atomic mass is 16.2. The number of fused-ring (bicyclic) bond motifs is 1. The lowest BCUT2D eigenvalue weighted by atomic mass is 10.1. The van der Waals surface area contributed by atoms with Gasteiger partial charge in [-0.1, -0.05) is 24.3 Å². The number of nitrogens with one attached hydrogen (secondary N) is 1. The lowest BCUT2D eigenvalue weighted by molar-refractivity contribution is 0.0954. The molecule has 3 rings (SSSR count). The van der Waals surface area contributed by atoms with Gasteiger partial charge in [0.1, 0.15) is 0 Å². The van der Waals surface area contributed by atoms with Crippen molar-refractivity contribution in [1.29, 1.82) is 0 Å². The minimum Gasteiger partial charge on any atom is -0.267 e. The van der Waals surface area contributed by atoms with Crippen molar-refractivity contribution >= 4 is 11.6 Å². The third-order valence-electron chi connectivity index (χ3n) is 3.15. The van der Waals surface area contributed by atoms with Crippen molar-refractivity contribution in [3.8, 4) is 0 Å². The number of hydrogen-bond donors (Lipinski definition) is 1. The van der Waals surface area contributed by atoms with Gasteiger partial charge in [0, 0.05) is 30.9 Å². The minimum atomic E-state index is -0.225. The van der Waals surface area contributed by atoms with Gasteiger partial charge < -0.3 is 0 Å². The summed E-state index contributed by atoms with van der Waals surface area (Å²) in [5.41, 5.74) is 6.66. The fourth-order valence-corrected chi connectivity index (χ4v) is 2.18. The minimum absolute atomic E-state index is 0.225. The van der Waals surface area contributed by atoms with E-state index in [2.05, 4.69) is 27.6 Å². The van der Waals surface area contributed by atoms with Crippen LogP contribution < -0.4 is 5.43 Å². The molecule has 1 amide bonds. The van der Waals surface area contributed by atoms with Gasteiger partial charge in [-0.2, -0.15) is 5.10 Å². The molecule has 1 aliphatic carbocycles. The van der Waals surface area contributed by atoms with E-state index in [9.17, 15) is 4.79 Å². The Labute approximate surface area is 111 Å². The zero-order valence-corrected chi connectivity index (χ0v) is 10.3. The molecule has 2 aromatic rings. The van der Waals surface area contributed by atoms with Crippen molar-refractivity contribution in [3.05, 3.63) is 65.5 Å². The van der Waals surface area contributed by atoms with Crippen LogP contribution in [-0.4, -0.2) is 16.6 Å². The summed E-state index contributed by atoms with van der Waals surface area (Å²) in [7, 11) is 0. The van der Waals surface area contributed by atoms with Gasteiger partial charge in [-0.25, -0.2) is 5.43 Å². The molecular weight excluding hydrogens is 238 g/mol. The summed E-state index contributed by atoms with van der Waals surface area (Å²) in [6, 6.07) is 11.7. The van der Waals surface area contributed by atoms with Crippen LogP contribution >= 0.6 is 0 Å². The van der Waals surface area contributed by atoms with Crippen LogP contribution in [0.2, 0.25) is 0 Å². The first-order valence-electron chi connectivity index (χ1n) is 6.15. The van der Waals surface area contributed by atoms with E-state index in [1.807, 2.05) is 12.1 Å². The molecule has 1 N–H and O–H groups in total. The summed E-state index contributed by atoms with van der Waals surface area (Å²) >= 11 is 0. The highest BCUT2D eigenvalue weighted by molar-refractivity contribution is 5.97. The summed E-state index contributed by atoms with van der Waals surface area (Å²) in [5, 5.41) is 4.20. The zero-order valence-electron chi connectivity index (χ0n) is 10.3. The van der Waals surface area contributed by atoms with Crippen LogP contribution in [0.1, 0.15) is 21.5 Å². The molecule has 0 fully saturated rings. The fraction of sp³-hybridized carbons (Fsp3) is 0.133. The smallest absolute Gasteiger partial charge is 0.267 e. The molecule has 0 unspecified atom stereocenters. The molecule has 0 aliphatic heterocycles. The standard InChI is InChI=1S/C15H13N3O/c19-15(13-6-3-7-16-10-13)18-17-14-8-11-4-1-2-5-12(11)9-14/h1-7,10H,8-9H2,(H,18,19). The second-order valence-electron chi connectivity index (χ2n) is 4.48. The Morgan fingerprint density at radius 1 is 1.11 bits per heavy atom. The average molecular weight is 251 g/mol. The fourth-order valence-electron chi connectivity index (χ4n) is 2.18. The highest BCUT2D eigenvalue weighted by Gasteiger charge is 2.16. The second-order valence-corrected chi connectivity index (χ2v) is 4.48. The Bertz CT molecular complexity index is 608. The SMILES string of the molecule is O=C(NN=C1Cc2ccccc2C1)c1cccnc1. The number of aromatic nitrogens is 1. The summed E-state index contributed by atoms with van der Waals surface area (Å²) in [4.78, 5) is 15.7. The Hall–Kier alpha value is -2.49. The van der Waals surface area contributed by atoms with Gasteiger partial charge in [-0.15, -0.1) is 0 Å². The van der Waals surface area contributed by atoms with Crippen molar-refractivity contribution in [2.75, 3.05) is 0 Å². The zero-order chi connectivity index (χ0) is 13.1. The first-order valence-corrected chi connectivity index (χ1v) is 6.15. The Balaban J connectivity index is 1.68. The maximum Gasteiger partial charge on any atom is 0.272 e. The van der Waals surface area contributed by atoms with Gasteiger partial charge in [0.2, 0.25) is 0 Å². The second kappa shape index (κ2) is 5.02. The molecule has 0 saturated heterocycles. The van der Waals surface area contributed by atoms with Gasteiger partial charge in [-0.05, 0) is 23.3 Å². The van der Waals surface area contributed by atoms with Crippen LogP contribution in [0.15, 0.2) is 53.9 Å². The number of amides is 1. The van der Waals surface area contributed by atoms with Gasteiger partial charge in [0.15, 0.2) is 0 Å². The van der Waals surface area contributed by atoms with Gasteiger partial charge in [0.25, 0.3) is 5.91 Å². The van der Waals surface area contributed by atoms with Crippen molar-refractivity contribution < 1.29 is 4.79 Å². The van der Waals surface area contributed by atoms with E-state index in [0.29, 0.717) is 5.56 Å². The predicted molar refractivity (Wildman–Crippen MR) is 73.0 cm³/mol. The van der Waals surface area contributed by atoms with Crippen LogP contribution in [0.25, 0.3) is 0 Å². The molecule has 4 nitrogen and oxygen atoms in total. The molecular formula is C15H13N3O. The van der Waals surface area contributed by atoms with E-state index in [1.54, 1.807) is 18.3 Å². The predicted octanol–water partition coefficient (Wildman–Crippen LogP) is 1.97. The van der Waals surface area contributed by atoms with E-state index in [-0.39, 0.29) is 5.91 Å². The maximum absolute atomic E-state index is 11.8. The Morgan fingerprint density at radius 3 is 2.47 bits per heavy atom. The summed E-state index contributed by atoms with van der Waals surface area (Å²) in [6.07, 6.45) is 4.78. The van der Waals surface area contributed by atoms with E-state index in [1.165, 1.54) is 17.3 Å². The molecule has 94 valence electrons. The van der Waals surface area contributed by atoms with E-state index < -0.39 is 0 Å². The maximum atomic E-state index is 11.8. The van der Waals surface area contributed by atoms with Crippen molar-refractivity contribution in [2.24, 2.45) is 5.10 Å². The number of hydrazone groups is 1. The number of hydrogen-bond acceptors (Lipinski definition) is 3. The molecule has 0 bridgehead atoms. The lowest BCUT2D eigenvalue weighted by Gasteiger charge is -2.00. The summed E-state index contributed by atoms with van der Waals surface area (Å²) in [5.74, 6) is -0.225. The van der Waals surface area contributed by atoms with Gasteiger partial charge >= 0.3 is 0 Å². The molecule has 0 spiro atoms. The van der Waals surface area contributed by atoms with Crippen LogP contribution in [-0.2, 0) is 12.8 Å². The molecule has 0 radical (unpaired) electrons. The van der Waals surface area contributed by atoms with E-state index in [0.717, 1.165) is 18.6 Å². The van der Waals surface area contributed by atoms with Crippen LogP contribution in [0.5, 0.6) is 0 Å². The normalized spacial score (nSPS) is 12.9. The topological polar surface area (TPSA) is 54.4 Å². The molecule has 0 saturated carbocycles. The summed E-state index contributed by atoms with van der Waals surface area (Å²) in [6.45, 7) is 0. The third-order valence-corrected chi connectivity index (χ3v) is 3.15.